The molecule has 7 nitrogen and oxygen atoms in total. The lowest BCUT2D eigenvalue weighted by molar-refractivity contribution is -0.385. The van der Waals surface area contributed by atoms with E-state index >= 15 is 0 Å². The van der Waals surface area contributed by atoms with Gasteiger partial charge in [-0.2, -0.15) is 0 Å². The van der Waals surface area contributed by atoms with Gasteiger partial charge in [-0.15, -0.1) is 0 Å². The van der Waals surface area contributed by atoms with E-state index in [4.69, 9.17) is 4.74 Å². The molecular weight excluding hydrogens is 298 g/mol. The first-order valence-electron chi connectivity index (χ1n) is 7.95. The molecule has 1 aromatic rings. The molecule has 0 radical (unpaired) electrons. The number of hydrogen-bond acceptors (Lipinski definition) is 5. The Bertz CT molecular complexity index is 556. The van der Waals surface area contributed by atoms with Crippen molar-refractivity contribution in [3.05, 3.63) is 33.9 Å². The molecule has 1 fully saturated rings. The van der Waals surface area contributed by atoms with Crippen LogP contribution in [0.1, 0.15) is 36.0 Å². The SMILES string of the molecule is COc1ccc([N+](=O)[O-])c(C(=O)NCCCN2CCCCC2)c1. The number of hydrogen-bond donors (Lipinski definition) is 1. The third kappa shape index (κ3) is 4.92. The fourth-order valence-electron chi connectivity index (χ4n) is 2.77. The number of carbonyl (C=O) groups is 1. The van der Waals surface area contributed by atoms with Crippen LogP contribution in [0.3, 0.4) is 0 Å². The number of amides is 1. The average molecular weight is 321 g/mol. The second-order valence-electron chi connectivity index (χ2n) is 5.65. The molecular formula is C16H23N3O4. The topological polar surface area (TPSA) is 84.7 Å². The van der Waals surface area contributed by atoms with Gasteiger partial charge in [-0.3, -0.25) is 14.9 Å². The lowest BCUT2D eigenvalue weighted by Crippen LogP contribution is -2.33. The molecule has 0 saturated carbocycles. The smallest absolute Gasteiger partial charge is 0.282 e. The average Bonchev–Trinajstić information content (AvgIpc) is 2.58. The lowest BCUT2D eigenvalue weighted by atomic mass is 10.1. The van der Waals surface area contributed by atoms with E-state index in [0.717, 1.165) is 26.1 Å². The molecule has 1 saturated heterocycles. The Labute approximate surface area is 135 Å². The van der Waals surface area contributed by atoms with Gasteiger partial charge in [0.15, 0.2) is 0 Å². The Hall–Kier alpha value is -2.15. The van der Waals surface area contributed by atoms with E-state index in [9.17, 15) is 14.9 Å². The van der Waals surface area contributed by atoms with E-state index in [2.05, 4.69) is 10.2 Å². The van der Waals surface area contributed by atoms with Gasteiger partial charge >= 0.3 is 0 Å². The molecule has 0 aromatic heterocycles. The van der Waals surface area contributed by atoms with Crippen molar-refractivity contribution >= 4 is 11.6 Å². The van der Waals surface area contributed by atoms with Crippen molar-refractivity contribution in [2.45, 2.75) is 25.7 Å². The summed E-state index contributed by atoms with van der Waals surface area (Å²) in [5.74, 6) is -0.0108. The number of ether oxygens (including phenoxy) is 1. The summed E-state index contributed by atoms with van der Waals surface area (Å²) in [4.78, 5) is 25.1. The van der Waals surface area contributed by atoms with Gasteiger partial charge in [0.1, 0.15) is 11.3 Å². The quantitative estimate of drug-likeness (QED) is 0.473. The minimum absolute atomic E-state index is 0.0346. The summed E-state index contributed by atoms with van der Waals surface area (Å²) in [7, 11) is 1.46. The molecule has 1 aliphatic rings. The summed E-state index contributed by atoms with van der Waals surface area (Å²) in [6.45, 7) is 3.69. The van der Waals surface area contributed by atoms with Crippen LogP contribution in [0.2, 0.25) is 0 Å². The Morgan fingerprint density at radius 2 is 2.09 bits per heavy atom. The Morgan fingerprint density at radius 1 is 1.35 bits per heavy atom. The van der Waals surface area contributed by atoms with Gasteiger partial charge < -0.3 is 15.0 Å². The maximum absolute atomic E-state index is 12.2. The maximum atomic E-state index is 12.2. The number of nitrogens with one attached hydrogen (secondary N) is 1. The van der Waals surface area contributed by atoms with Gasteiger partial charge in [0.25, 0.3) is 11.6 Å². The largest absolute Gasteiger partial charge is 0.497 e. The molecule has 0 spiro atoms. The molecule has 1 aliphatic heterocycles. The van der Waals surface area contributed by atoms with Crippen LogP contribution in [0.5, 0.6) is 5.75 Å². The lowest BCUT2D eigenvalue weighted by Gasteiger charge is -2.26. The summed E-state index contributed by atoms with van der Waals surface area (Å²) in [6.07, 6.45) is 4.61. The van der Waals surface area contributed by atoms with E-state index in [1.54, 1.807) is 0 Å². The second kappa shape index (κ2) is 8.47. The minimum Gasteiger partial charge on any atom is -0.497 e. The molecule has 1 heterocycles. The van der Waals surface area contributed by atoms with E-state index < -0.39 is 10.8 Å². The summed E-state index contributed by atoms with van der Waals surface area (Å²) >= 11 is 0. The number of benzene rings is 1. The van der Waals surface area contributed by atoms with Gasteiger partial charge in [0.2, 0.25) is 0 Å². The van der Waals surface area contributed by atoms with Crippen LogP contribution < -0.4 is 10.1 Å². The monoisotopic (exact) mass is 321 g/mol. The summed E-state index contributed by atoms with van der Waals surface area (Å²) < 4.78 is 5.04. The van der Waals surface area contributed by atoms with Crippen LogP contribution in [-0.4, -0.2) is 49.0 Å². The van der Waals surface area contributed by atoms with Gasteiger partial charge in [-0.05, 0) is 51.0 Å². The number of methoxy groups -OCH3 is 1. The van der Waals surface area contributed by atoms with Crippen molar-refractivity contribution in [3.63, 3.8) is 0 Å². The Kier molecular flexibility index (Phi) is 6.34. The van der Waals surface area contributed by atoms with Crippen molar-refractivity contribution in [1.82, 2.24) is 10.2 Å². The zero-order valence-electron chi connectivity index (χ0n) is 13.4. The highest BCUT2D eigenvalue weighted by molar-refractivity contribution is 5.98. The summed E-state index contributed by atoms with van der Waals surface area (Å²) in [5, 5.41) is 13.8. The van der Waals surface area contributed by atoms with E-state index in [-0.39, 0.29) is 11.3 Å². The molecule has 1 N–H and O–H groups in total. The van der Waals surface area contributed by atoms with Crippen LogP contribution in [0.25, 0.3) is 0 Å². The molecule has 2 rings (SSSR count). The normalized spacial score (nSPS) is 15.2. The van der Waals surface area contributed by atoms with Crippen molar-refractivity contribution in [2.75, 3.05) is 33.3 Å². The third-order valence-electron chi connectivity index (χ3n) is 4.03. The molecule has 23 heavy (non-hydrogen) atoms. The van der Waals surface area contributed by atoms with Crippen LogP contribution in [-0.2, 0) is 0 Å². The highest BCUT2D eigenvalue weighted by Gasteiger charge is 2.20. The number of nitrogens with zero attached hydrogens (tertiary/aromatic N) is 2. The Morgan fingerprint density at radius 3 is 2.74 bits per heavy atom. The van der Waals surface area contributed by atoms with E-state index in [0.29, 0.717) is 12.3 Å². The van der Waals surface area contributed by atoms with Gasteiger partial charge in [0, 0.05) is 12.6 Å². The number of piperidine rings is 1. The Balaban J connectivity index is 1.88. The minimum atomic E-state index is -0.553. The predicted octanol–water partition coefficient (Wildman–Crippen LogP) is 2.21. The van der Waals surface area contributed by atoms with Crippen molar-refractivity contribution < 1.29 is 14.5 Å². The van der Waals surface area contributed by atoms with Crippen molar-refractivity contribution in [3.8, 4) is 5.75 Å². The summed E-state index contributed by atoms with van der Waals surface area (Å²) in [6, 6.07) is 4.17. The molecule has 0 aliphatic carbocycles. The molecule has 0 bridgehead atoms. The summed E-state index contributed by atoms with van der Waals surface area (Å²) in [5.41, 5.74) is -0.174. The molecule has 126 valence electrons. The van der Waals surface area contributed by atoms with E-state index in [1.807, 2.05) is 0 Å². The first-order valence-corrected chi connectivity index (χ1v) is 7.95. The third-order valence-corrected chi connectivity index (χ3v) is 4.03. The van der Waals surface area contributed by atoms with Crippen LogP contribution in [0.15, 0.2) is 18.2 Å². The van der Waals surface area contributed by atoms with Crippen LogP contribution in [0.4, 0.5) is 5.69 Å². The van der Waals surface area contributed by atoms with Crippen LogP contribution >= 0.6 is 0 Å². The number of nitro groups is 1. The number of nitro benzene ring substituents is 1. The zero-order valence-corrected chi connectivity index (χ0v) is 13.4. The highest BCUT2D eigenvalue weighted by atomic mass is 16.6. The van der Waals surface area contributed by atoms with Gasteiger partial charge in [-0.25, -0.2) is 0 Å². The van der Waals surface area contributed by atoms with Crippen molar-refractivity contribution in [1.29, 1.82) is 0 Å². The van der Waals surface area contributed by atoms with Crippen LogP contribution in [0, 0.1) is 10.1 Å². The zero-order chi connectivity index (χ0) is 16.7. The standard InChI is InChI=1S/C16H23N3O4/c1-23-13-6-7-15(19(21)22)14(12-13)16(20)17-8-5-11-18-9-3-2-4-10-18/h6-7,12H,2-5,8-11H2,1H3,(H,17,20). The fourth-order valence-corrected chi connectivity index (χ4v) is 2.77. The highest BCUT2D eigenvalue weighted by Crippen LogP contribution is 2.23. The fraction of sp³-hybridized carbons (Fsp3) is 0.562. The van der Waals surface area contributed by atoms with Crippen molar-refractivity contribution in [2.24, 2.45) is 0 Å². The molecule has 7 heteroatoms. The molecule has 1 amide bonds. The maximum Gasteiger partial charge on any atom is 0.282 e. The molecule has 1 aromatic carbocycles. The predicted molar refractivity (Wildman–Crippen MR) is 86.9 cm³/mol. The van der Waals surface area contributed by atoms with E-state index in [1.165, 1.54) is 44.6 Å². The number of likely N-dealkylation sites (tertiary alicyclic amines) is 1. The first-order chi connectivity index (χ1) is 11.1. The number of carbonyl (C=O) groups excluding carboxylic acids is 1. The first kappa shape index (κ1) is 17.2. The molecule has 0 unspecified atom stereocenters. The number of rotatable bonds is 7. The van der Waals surface area contributed by atoms with Gasteiger partial charge in [-0.1, -0.05) is 6.42 Å². The second-order valence-corrected chi connectivity index (χ2v) is 5.65. The van der Waals surface area contributed by atoms with Gasteiger partial charge in [0.05, 0.1) is 12.0 Å². The molecule has 0 atom stereocenters.